The van der Waals surface area contributed by atoms with Crippen LogP contribution < -0.4 is 9.05 Å². The van der Waals surface area contributed by atoms with Crippen molar-refractivity contribution in [1.29, 1.82) is 0 Å². The van der Waals surface area contributed by atoms with E-state index in [1.165, 1.54) is 88.2 Å². The Morgan fingerprint density at radius 2 is 0.941 bits per heavy atom. The zero-order valence-corrected chi connectivity index (χ0v) is 24.4. The minimum absolute atomic E-state index is 0. The van der Waals surface area contributed by atoms with Gasteiger partial charge in [0.2, 0.25) is 0 Å². The van der Waals surface area contributed by atoms with Crippen molar-refractivity contribution in [3.05, 3.63) is 59.7 Å². The Hall–Kier alpha value is -0.510. The van der Waals surface area contributed by atoms with Gasteiger partial charge in [-0.2, -0.15) is 0 Å². The smallest absolute Gasteiger partial charge is 1.00 e. The fourth-order valence-corrected chi connectivity index (χ4v) is 4.75. The van der Waals surface area contributed by atoms with Crippen LogP contribution in [0.5, 0.6) is 11.5 Å². The third-order valence-electron chi connectivity index (χ3n) is 5.93. The third kappa shape index (κ3) is 14.1. The molecule has 0 heterocycles. The number of aryl methyl sites for hydroxylation is 2. The molecule has 4 nitrogen and oxygen atoms in total. The molecule has 0 amide bonds. The van der Waals surface area contributed by atoms with E-state index in [2.05, 4.69) is 13.8 Å². The van der Waals surface area contributed by atoms with Crippen LogP contribution in [0.15, 0.2) is 48.5 Å². The number of phosphoric acid groups is 1. The number of hydrogen-bond donors (Lipinski definition) is 1. The normalized spacial score (nSPS) is 11.1. The van der Waals surface area contributed by atoms with Crippen molar-refractivity contribution in [2.75, 3.05) is 0 Å². The number of phosphoric ester groups is 1. The fourth-order valence-electron chi connectivity index (χ4n) is 3.94. The summed E-state index contributed by atoms with van der Waals surface area (Å²) in [7, 11) is -4.24. The largest absolute Gasteiger partial charge is 2.00 e. The summed E-state index contributed by atoms with van der Waals surface area (Å²) >= 11 is 0. The summed E-state index contributed by atoms with van der Waals surface area (Å²) in [6, 6.07) is 14.8. The molecular weight excluding hydrogens is 471 g/mol. The van der Waals surface area contributed by atoms with Crippen molar-refractivity contribution in [1.82, 2.24) is 0 Å². The predicted octanol–water partition coefficient (Wildman–Crippen LogP) is 8.90. The third-order valence-corrected chi connectivity index (χ3v) is 6.81. The van der Waals surface area contributed by atoms with Gasteiger partial charge in [-0.1, -0.05) is 102 Å². The molecule has 188 valence electrons. The number of unbranched alkanes of at least 4 members (excludes halogenated alkanes) is 10. The van der Waals surface area contributed by atoms with Gasteiger partial charge in [-0.3, -0.25) is 4.89 Å². The Morgan fingerprint density at radius 3 is 1.29 bits per heavy atom. The molecule has 6 heteroatoms. The van der Waals surface area contributed by atoms with Crippen LogP contribution in [0, 0.1) is 0 Å². The second-order valence-electron chi connectivity index (χ2n) is 8.97. The summed E-state index contributed by atoms with van der Waals surface area (Å²) in [5.74, 6) is 0.680. The molecule has 0 atom stereocenters. The van der Waals surface area contributed by atoms with Crippen LogP contribution in [-0.2, 0) is 17.4 Å². The molecule has 0 aliphatic rings. The summed E-state index contributed by atoms with van der Waals surface area (Å²) < 4.78 is 23.0. The first-order valence-corrected chi connectivity index (χ1v) is 14.4. The van der Waals surface area contributed by atoms with Crippen LogP contribution in [0.4, 0.5) is 0 Å². The van der Waals surface area contributed by atoms with Gasteiger partial charge < -0.3 is 11.9 Å². The molecular formula is C28H45CaO4P. The molecule has 0 saturated heterocycles. The second kappa shape index (κ2) is 18.7. The first-order valence-electron chi connectivity index (χ1n) is 12.9. The van der Waals surface area contributed by atoms with Crippen molar-refractivity contribution in [3.8, 4) is 11.5 Å². The van der Waals surface area contributed by atoms with E-state index in [0.717, 1.165) is 12.8 Å². The summed E-state index contributed by atoms with van der Waals surface area (Å²) in [6.07, 6.45) is 17.3. The number of rotatable bonds is 18. The van der Waals surface area contributed by atoms with Gasteiger partial charge >= 0.3 is 45.6 Å². The molecule has 0 aliphatic heterocycles. The van der Waals surface area contributed by atoms with Crippen LogP contribution in [0.2, 0.25) is 0 Å². The van der Waals surface area contributed by atoms with Gasteiger partial charge in [0, 0.05) is 0 Å². The molecule has 2 aromatic rings. The molecule has 1 N–H and O–H groups in total. The minimum Gasteiger partial charge on any atom is -1.00 e. The quantitative estimate of drug-likeness (QED) is 0.122. The van der Waals surface area contributed by atoms with E-state index < -0.39 is 7.82 Å². The molecule has 2 rings (SSSR count). The molecule has 34 heavy (non-hydrogen) atoms. The zero-order chi connectivity index (χ0) is 23.8. The fraction of sp³-hybridized carbons (Fsp3) is 0.571. The van der Waals surface area contributed by atoms with Crippen molar-refractivity contribution < 1.29 is 21.4 Å². The first kappa shape index (κ1) is 31.5. The zero-order valence-electron chi connectivity index (χ0n) is 23.3. The Labute approximate surface area is 240 Å². The van der Waals surface area contributed by atoms with Crippen LogP contribution >= 0.6 is 7.82 Å². The summed E-state index contributed by atoms with van der Waals surface area (Å²) in [6.45, 7) is 4.46. The average molecular weight is 517 g/mol. The minimum atomic E-state index is -4.24. The monoisotopic (exact) mass is 516 g/mol. The molecule has 0 unspecified atom stereocenters. The van der Waals surface area contributed by atoms with Crippen molar-refractivity contribution in [2.24, 2.45) is 0 Å². The Kier molecular flexibility index (Phi) is 17.4. The van der Waals surface area contributed by atoms with Gasteiger partial charge in [0.1, 0.15) is 11.5 Å². The topological polar surface area (TPSA) is 55.8 Å². The van der Waals surface area contributed by atoms with Gasteiger partial charge in [0.25, 0.3) is 0 Å². The predicted molar refractivity (Wildman–Crippen MR) is 146 cm³/mol. The summed E-state index contributed by atoms with van der Waals surface area (Å²) in [5, 5.41) is 0. The molecule has 0 spiro atoms. The maximum Gasteiger partial charge on any atom is 2.00 e. The second-order valence-corrected chi connectivity index (χ2v) is 10.3. The van der Waals surface area contributed by atoms with E-state index in [9.17, 15) is 9.46 Å². The maximum absolute atomic E-state index is 12.4. The van der Waals surface area contributed by atoms with E-state index in [0.29, 0.717) is 11.5 Å². The van der Waals surface area contributed by atoms with Crippen LogP contribution in [0.1, 0.15) is 105 Å². The van der Waals surface area contributed by atoms with E-state index in [1.54, 1.807) is 24.3 Å². The van der Waals surface area contributed by atoms with Crippen LogP contribution in [-0.4, -0.2) is 42.6 Å². The Balaban J connectivity index is 0. The van der Waals surface area contributed by atoms with Gasteiger partial charge in [0.05, 0.1) is 0 Å². The van der Waals surface area contributed by atoms with Gasteiger partial charge in [-0.15, -0.1) is 0 Å². The number of hydrogen-bond acceptors (Lipinski definition) is 3. The molecule has 0 aromatic heterocycles. The van der Waals surface area contributed by atoms with Crippen molar-refractivity contribution >= 4 is 45.6 Å². The molecule has 0 radical (unpaired) electrons. The molecule has 2 aromatic carbocycles. The van der Waals surface area contributed by atoms with Crippen LogP contribution in [0.3, 0.4) is 0 Å². The average Bonchev–Trinajstić information content (AvgIpc) is 2.80. The molecule has 0 bridgehead atoms. The summed E-state index contributed by atoms with van der Waals surface area (Å²) in [5.41, 5.74) is 2.43. The van der Waals surface area contributed by atoms with E-state index in [4.69, 9.17) is 9.05 Å². The van der Waals surface area contributed by atoms with Crippen molar-refractivity contribution in [3.63, 3.8) is 0 Å². The maximum atomic E-state index is 12.4. The van der Waals surface area contributed by atoms with Gasteiger partial charge in [0.15, 0.2) is 0 Å². The first-order chi connectivity index (χ1) is 16.0. The van der Waals surface area contributed by atoms with Gasteiger partial charge in [-0.25, -0.2) is 4.57 Å². The van der Waals surface area contributed by atoms with Crippen molar-refractivity contribution in [2.45, 2.75) is 104 Å². The SMILES string of the molecule is CCCCCCCCc1ccc(OP(=O)(O)Oc2ccc(CCCCCCCC)cc2)cc1.[Ca+2].[H-].[H-]. The standard InChI is InChI=1S/C28H43O4P.Ca.2H/c1-3-5-7-9-11-13-15-25-17-21-27(22-18-25)31-33(29,30)32-28-23-19-26(20-24-28)16-14-12-10-8-6-4-2;;;/h17-24H,3-16H2,1-2H3,(H,29,30);;;/q;+2;2*-1. The molecule has 0 aliphatic carbocycles. The van der Waals surface area contributed by atoms with Gasteiger partial charge in [-0.05, 0) is 61.1 Å². The van der Waals surface area contributed by atoms with E-state index in [-0.39, 0.29) is 40.6 Å². The molecule has 0 fully saturated rings. The summed E-state index contributed by atoms with van der Waals surface area (Å²) in [4.78, 5) is 10.2. The number of benzene rings is 2. The molecule has 0 saturated carbocycles. The van der Waals surface area contributed by atoms with Crippen LogP contribution in [0.25, 0.3) is 0 Å². The Bertz CT molecular complexity index is 754. The Morgan fingerprint density at radius 1 is 0.618 bits per heavy atom. The van der Waals surface area contributed by atoms with E-state index >= 15 is 0 Å². The van der Waals surface area contributed by atoms with E-state index in [1.807, 2.05) is 24.3 Å².